The summed E-state index contributed by atoms with van der Waals surface area (Å²) in [6.45, 7) is 0. The zero-order valence-electron chi connectivity index (χ0n) is 8.14. The van der Waals surface area contributed by atoms with Gasteiger partial charge in [-0.25, -0.2) is 0 Å². The number of hydrogen-bond donors (Lipinski definition) is 0. The molecule has 5 heteroatoms. The minimum Gasteiger partial charge on any atom is -0.294 e. The normalized spacial score (nSPS) is 20.8. The Morgan fingerprint density at radius 3 is 2.62 bits per heavy atom. The van der Waals surface area contributed by atoms with Crippen LogP contribution in [-0.4, -0.2) is 12.0 Å². The molecule has 1 atom stereocenters. The Kier molecular flexibility index (Phi) is 2.82. The Balaban J connectivity index is 2.53. The number of carbonyl (C=O) groups is 1. The van der Waals surface area contributed by atoms with Crippen LogP contribution in [0.15, 0.2) is 22.7 Å². The summed E-state index contributed by atoms with van der Waals surface area (Å²) in [5.74, 6) is -1.72. The summed E-state index contributed by atoms with van der Waals surface area (Å²) in [6, 6.07) is 4.39. The molecule has 2 rings (SSSR count). The first-order chi connectivity index (χ1) is 7.39. The zero-order valence-corrected chi connectivity index (χ0v) is 9.73. The molecule has 16 heavy (non-hydrogen) atoms. The maximum Gasteiger partial charge on any atom is 0.395 e. The van der Waals surface area contributed by atoms with E-state index in [2.05, 4.69) is 15.9 Å². The first-order valence-corrected chi connectivity index (χ1v) is 5.58. The molecule has 0 spiro atoms. The molecule has 0 heterocycles. The monoisotopic (exact) mass is 292 g/mol. The van der Waals surface area contributed by atoms with Crippen LogP contribution in [0.3, 0.4) is 0 Å². The van der Waals surface area contributed by atoms with Crippen molar-refractivity contribution < 1.29 is 18.0 Å². The first-order valence-electron chi connectivity index (χ1n) is 4.79. The van der Waals surface area contributed by atoms with Crippen LogP contribution in [0.25, 0.3) is 0 Å². The Bertz CT molecular complexity index is 439. The lowest BCUT2D eigenvalue weighted by Crippen LogP contribution is -2.27. The van der Waals surface area contributed by atoms with Crippen LogP contribution >= 0.6 is 15.9 Å². The highest BCUT2D eigenvalue weighted by Gasteiger charge is 2.44. The number of Topliss-reactive ketones (excluding diaryl/α,β-unsaturated/α-hetero) is 1. The van der Waals surface area contributed by atoms with Crippen LogP contribution in [0.4, 0.5) is 13.2 Å². The highest BCUT2D eigenvalue weighted by atomic mass is 79.9. The van der Waals surface area contributed by atoms with Crippen LogP contribution in [0.2, 0.25) is 0 Å². The molecule has 0 aromatic heterocycles. The second kappa shape index (κ2) is 3.87. The number of benzene rings is 1. The van der Waals surface area contributed by atoms with Gasteiger partial charge in [0.25, 0.3) is 0 Å². The molecule has 0 fully saturated rings. The average molecular weight is 293 g/mol. The smallest absolute Gasteiger partial charge is 0.294 e. The molecular weight excluding hydrogens is 285 g/mol. The molecule has 1 nitrogen and oxygen atoms in total. The topological polar surface area (TPSA) is 17.1 Å². The molecule has 0 N–H and O–H groups in total. The van der Waals surface area contributed by atoms with Crippen LogP contribution in [0, 0.1) is 0 Å². The van der Waals surface area contributed by atoms with Gasteiger partial charge in [0.05, 0.1) is 5.92 Å². The van der Waals surface area contributed by atoms with Gasteiger partial charge in [0.2, 0.25) is 0 Å². The van der Waals surface area contributed by atoms with Crippen LogP contribution in [-0.2, 0) is 0 Å². The lowest BCUT2D eigenvalue weighted by molar-refractivity contribution is -0.152. The van der Waals surface area contributed by atoms with E-state index in [1.165, 1.54) is 18.2 Å². The lowest BCUT2D eigenvalue weighted by Gasteiger charge is -2.26. The SMILES string of the molecule is O=C1CC[C@H](C(F)(F)F)c2ccc(Br)cc21. The predicted octanol–water partition coefficient (Wildman–Crippen LogP) is 4.07. The van der Waals surface area contributed by atoms with Gasteiger partial charge >= 0.3 is 6.18 Å². The van der Waals surface area contributed by atoms with Crippen molar-refractivity contribution in [1.29, 1.82) is 0 Å². The third-order valence-electron chi connectivity index (χ3n) is 2.75. The van der Waals surface area contributed by atoms with E-state index in [4.69, 9.17) is 0 Å². The number of carbonyl (C=O) groups excluding carboxylic acids is 1. The molecule has 0 unspecified atom stereocenters. The molecule has 1 aliphatic rings. The standard InChI is InChI=1S/C11H8BrF3O/c12-6-1-2-7-8(5-6)10(16)4-3-9(7)11(13,14)15/h1-2,5,9H,3-4H2/t9-/m0/s1. The fraction of sp³-hybridized carbons (Fsp3) is 0.364. The first kappa shape index (κ1) is 11.6. The number of fused-ring (bicyclic) bond motifs is 1. The van der Waals surface area contributed by atoms with Crippen molar-refractivity contribution >= 4 is 21.7 Å². The van der Waals surface area contributed by atoms with Gasteiger partial charge in [-0.3, -0.25) is 4.79 Å². The maximum absolute atomic E-state index is 12.7. The van der Waals surface area contributed by atoms with E-state index in [0.29, 0.717) is 4.47 Å². The van der Waals surface area contributed by atoms with Crippen molar-refractivity contribution in [2.24, 2.45) is 0 Å². The van der Waals surface area contributed by atoms with Gasteiger partial charge in [0.15, 0.2) is 5.78 Å². The summed E-state index contributed by atoms with van der Waals surface area (Å²) in [4.78, 5) is 11.5. The van der Waals surface area contributed by atoms with Crippen molar-refractivity contribution in [2.45, 2.75) is 24.9 Å². The van der Waals surface area contributed by atoms with Gasteiger partial charge in [-0.05, 0) is 24.1 Å². The molecular formula is C11H8BrF3O. The summed E-state index contributed by atoms with van der Waals surface area (Å²) >= 11 is 3.15. The third kappa shape index (κ3) is 2.00. The second-order valence-corrected chi connectivity index (χ2v) is 4.70. The second-order valence-electron chi connectivity index (χ2n) is 3.79. The Hall–Kier alpha value is -0.840. The van der Waals surface area contributed by atoms with Crippen LogP contribution in [0.5, 0.6) is 0 Å². The van der Waals surface area contributed by atoms with Gasteiger partial charge in [0.1, 0.15) is 0 Å². The highest BCUT2D eigenvalue weighted by molar-refractivity contribution is 9.10. The predicted molar refractivity (Wildman–Crippen MR) is 56.5 cm³/mol. The number of rotatable bonds is 0. The molecule has 0 saturated carbocycles. The fourth-order valence-electron chi connectivity index (χ4n) is 1.98. The van der Waals surface area contributed by atoms with E-state index >= 15 is 0 Å². The van der Waals surface area contributed by atoms with Crippen molar-refractivity contribution in [1.82, 2.24) is 0 Å². The minimum atomic E-state index is -4.27. The average Bonchev–Trinajstić information content (AvgIpc) is 2.17. The van der Waals surface area contributed by atoms with Gasteiger partial charge in [0, 0.05) is 16.5 Å². The van der Waals surface area contributed by atoms with E-state index in [0.717, 1.165) is 0 Å². The maximum atomic E-state index is 12.7. The fourth-order valence-corrected chi connectivity index (χ4v) is 2.34. The largest absolute Gasteiger partial charge is 0.395 e. The molecule has 0 saturated heterocycles. The van der Waals surface area contributed by atoms with Crippen molar-refractivity contribution in [2.75, 3.05) is 0 Å². The van der Waals surface area contributed by atoms with Gasteiger partial charge in [-0.15, -0.1) is 0 Å². The summed E-state index contributed by atoms with van der Waals surface area (Å²) in [7, 11) is 0. The Morgan fingerprint density at radius 2 is 2.00 bits per heavy atom. The summed E-state index contributed by atoms with van der Waals surface area (Å²) in [5, 5.41) is 0. The molecule has 0 amide bonds. The number of ketones is 1. The van der Waals surface area contributed by atoms with Gasteiger partial charge < -0.3 is 0 Å². The Morgan fingerprint density at radius 1 is 1.31 bits per heavy atom. The Labute approximate surface area is 98.8 Å². The quantitative estimate of drug-likeness (QED) is 0.704. The lowest BCUT2D eigenvalue weighted by atomic mass is 9.82. The van der Waals surface area contributed by atoms with E-state index in [1.54, 1.807) is 0 Å². The summed E-state index contributed by atoms with van der Waals surface area (Å²) in [6.07, 6.45) is -4.45. The summed E-state index contributed by atoms with van der Waals surface area (Å²) < 4.78 is 38.8. The molecule has 1 aromatic rings. The van der Waals surface area contributed by atoms with Crippen molar-refractivity contribution in [3.63, 3.8) is 0 Å². The van der Waals surface area contributed by atoms with E-state index < -0.39 is 12.1 Å². The van der Waals surface area contributed by atoms with Crippen LogP contribution in [0.1, 0.15) is 34.7 Å². The zero-order chi connectivity index (χ0) is 11.9. The van der Waals surface area contributed by atoms with Crippen molar-refractivity contribution in [3.05, 3.63) is 33.8 Å². The van der Waals surface area contributed by atoms with Gasteiger partial charge in [-0.2, -0.15) is 13.2 Å². The molecule has 1 aliphatic carbocycles. The molecule has 0 aliphatic heterocycles. The number of hydrogen-bond acceptors (Lipinski definition) is 1. The van der Waals surface area contributed by atoms with E-state index in [1.807, 2.05) is 0 Å². The van der Waals surface area contributed by atoms with E-state index in [9.17, 15) is 18.0 Å². The summed E-state index contributed by atoms with van der Waals surface area (Å²) in [5.41, 5.74) is 0.301. The molecule has 0 bridgehead atoms. The molecule has 1 aromatic carbocycles. The molecule has 0 radical (unpaired) electrons. The number of alkyl halides is 3. The number of halogens is 4. The van der Waals surface area contributed by atoms with Gasteiger partial charge in [-0.1, -0.05) is 22.0 Å². The van der Waals surface area contributed by atoms with E-state index in [-0.39, 0.29) is 29.8 Å². The highest BCUT2D eigenvalue weighted by Crippen LogP contribution is 2.43. The molecule has 86 valence electrons. The van der Waals surface area contributed by atoms with Crippen molar-refractivity contribution in [3.8, 4) is 0 Å². The van der Waals surface area contributed by atoms with Crippen LogP contribution < -0.4 is 0 Å². The minimum absolute atomic E-state index is 0.0341. The third-order valence-corrected chi connectivity index (χ3v) is 3.24.